The van der Waals surface area contributed by atoms with Crippen LogP contribution in [0, 0.1) is 0 Å². The summed E-state index contributed by atoms with van der Waals surface area (Å²) in [6.07, 6.45) is 7.04. The molecular weight excluding hydrogens is 782 g/mol. The summed E-state index contributed by atoms with van der Waals surface area (Å²) in [5.41, 5.74) is 9.44. The highest BCUT2D eigenvalue weighted by Crippen LogP contribution is 2.52. The summed E-state index contributed by atoms with van der Waals surface area (Å²) < 4.78 is 7.02. The monoisotopic (exact) mass is 825 g/mol. The summed E-state index contributed by atoms with van der Waals surface area (Å²) in [4.78, 5) is 3.75. The SMILES string of the molecule is CS(C)(C)c1ccc(N(c2ccc3c(c2)Oc2cccc4c2c-3cc2c3ccccc3c(B(c3ccccc3)c3cccc5ccccc35)cc42)c2ccc3ccccc3c2)cc1. The Morgan fingerprint density at radius 2 is 1.00 bits per heavy atom. The quantitative estimate of drug-likeness (QED) is 0.117. The van der Waals surface area contributed by atoms with Gasteiger partial charge in [0, 0.05) is 34.1 Å². The van der Waals surface area contributed by atoms with Gasteiger partial charge in [0.15, 0.2) is 0 Å². The van der Waals surface area contributed by atoms with Crippen LogP contribution in [-0.2, 0) is 0 Å². The molecule has 0 radical (unpaired) electrons. The average molecular weight is 826 g/mol. The Morgan fingerprint density at radius 3 is 1.81 bits per heavy atom. The van der Waals surface area contributed by atoms with E-state index >= 15 is 0 Å². The highest BCUT2D eigenvalue weighted by atomic mass is 32.3. The van der Waals surface area contributed by atoms with Gasteiger partial charge in [0.25, 0.3) is 0 Å². The Kier molecular flexibility index (Phi) is 8.74. The second kappa shape index (κ2) is 14.7. The van der Waals surface area contributed by atoms with E-state index in [0.717, 1.165) is 39.5 Å². The number of ether oxygens (including phenoxy) is 1. The maximum atomic E-state index is 7.02. The first-order chi connectivity index (χ1) is 30.9. The summed E-state index contributed by atoms with van der Waals surface area (Å²) in [6, 6.07) is 78.3. The smallest absolute Gasteiger partial charge is 0.242 e. The predicted octanol–water partition coefficient (Wildman–Crippen LogP) is 14.3. The zero-order chi connectivity index (χ0) is 42.2. The number of hydrogen-bond donors (Lipinski definition) is 0. The lowest BCUT2D eigenvalue weighted by molar-refractivity contribution is 0.487. The molecule has 0 aromatic heterocycles. The molecule has 12 rings (SSSR count). The summed E-state index contributed by atoms with van der Waals surface area (Å²) in [7, 11) is -0.871. The molecule has 0 unspecified atom stereocenters. The van der Waals surface area contributed by atoms with Crippen LogP contribution < -0.4 is 26.0 Å². The molecule has 0 saturated heterocycles. The number of nitrogens with zero attached hydrogens (tertiary/aromatic N) is 1. The van der Waals surface area contributed by atoms with E-state index in [-0.39, 0.29) is 6.71 Å². The molecule has 0 aliphatic carbocycles. The third-order valence-electron chi connectivity index (χ3n) is 13.1. The Hall–Kier alpha value is -7.27. The van der Waals surface area contributed by atoms with Crippen LogP contribution in [-0.4, -0.2) is 25.5 Å². The number of anilines is 3. The molecule has 1 aliphatic heterocycles. The van der Waals surface area contributed by atoms with E-state index in [1.165, 1.54) is 75.3 Å². The van der Waals surface area contributed by atoms with Crippen LogP contribution in [0.3, 0.4) is 0 Å². The number of benzene rings is 11. The molecule has 63 heavy (non-hydrogen) atoms. The Labute approximate surface area is 370 Å². The van der Waals surface area contributed by atoms with Crippen molar-refractivity contribution in [3.8, 4) is 22.6 Å². The first kappa shape index (κ1) is 37.5. The lowest BCUT2D eigenvalue weighted by atomic mass is 9.35. The molecule has 1 heterocycles. The largest absolute Gasteiger partial charge is 0.456 e. The van der Waals surface area contributed by atoms with E-state index in [1.807, 2.05) is 0 Å². The van der Waals surface area contributed by atoms with Gasteiger partial charge in [0.2, 0.25) is 6.71 Å². The molecule has 300 valence electrons. The van der Waals surface area contributed by atoms with Crippen LogP contribution in [0.1, 0.15) is 0 Å². The highest BCUT2D eigenvalue weighted by molar-refractivity contribution is 8.32. The van der Waals surface area contributed by atoms with E-state index in [2.05, 4.69) is 236 Å². The van der Waals surface area contributed by atoms with Crippen molar-refractivity contribution in [1.82, 2.24) is 0 Å². The van der Waals surface area contributed by atoms with Gasteiger partial charge in [0.05, 0.1) is 0 Å². The molecule has 11 aromatic rings. The maximum absolute atomic E-state index is 7.02. The fraction of sp³-hybridized carbons (Fsp3) is 0.0508. The van der Waals surface area contributed by atoms with Crippen molar-refractivity contribution in [2.45, 2.75) is 4.90 Å². The van der Waals surface area contributed by atoms with E-state index in [4.69, 9.17) is 4.74 Å². The van der Waals surface area contributed by atoms with Gasteiger partial charge in [-0.3, -0.25) is 0 Å². The molecule has 0 atom stereocenters. The van der Waals surface area contributed by atoms with Crippen molar-refractivity contribution >= 4 is 104 Å². The van der Waals surface area contributed by atoms with Crippen LogP contribution in [0.4, 0.5) is 17.1 Å². The highest BCUT2D eigenvalue weighted by Gasteiger charge is 2.29. The number of hydrogen-bond acceptors (Lipinski definition) is 2. The third kappa shape index (κ3) is 6.28. The fourth-order valence-corrected chi connectivity index (χ4v) is 11.1. The minimum absolute atomic E-state index is 0.0178. The van der Waals surface area contributed by atoms with Crippen LogP contribution in [0.5, 0.6) is 11.5 Å². The van der Waals surface area contributed by atoms with Crippen molar-refractivity contribution in [2.24, 2.45) is 0 Å². The van der Waals surface area contributed by atoms with E-state index < -0.39 is 10.0 Å². The van der Waals surface area contributed by atoms with Gasteiger partial charge in [0.1, 0.15) is 11.5 Å². The average Bonchev–Trinajstić information content (AvgIpc) is 3.32. The molecule has 0 amide bonds. The maximum Gasteiger partial charge on any atom is 0.242 e. The van der Waals surface area contributed by atoms with E-state index in [9.17, 15) is 0 Å². The molecule has 2 nitrogen and oxygen atoms in total. The minimum Gasteiger partial charge on any atom is -0.456 e. The van der Waals surface area contributed by atoms with Crippen LogP contribution in [0.2, 0.25) is 0 Å². The zero-order valence-corrected chi connectivity index (χ0v) is 36.4. The predicted molar refractivity (Wildman–Crippen MR) is 275 cm³/mol. The molecule has 11 aromatic carbocycles. The van der Waals surface area contributed by atoms with Crippen molar-refractivity contribution < 1.29 is 4.74 Å². The fourth-order valence-electron chi connectivity index (χ4n) is 10.1. The summed E-state index contributed by atoms with van der Waals surface area (Å²) in [6.45, 7) is 0.0178. The van der Waals surface area contributed by atoms with Gasteiger partial charge in [-0.2, -0.15) is 0 Å². The van der Waals surface area contributed by atoms with Crippen molar-refractivity contribution in [1.29, 1.82) is 0 Å². The normalized spacial score (nSPS) is 12.4. The minimum atomic E-state index is -0.871. The third-order valence-corrected chi connectivity index (χ3v) is 14.8. The molecule has 0 saturated carbocycles. The Balaban J connectivity index is 1.06. The molecule has 0 bridgehead atoms. The van der Waals surface area contributed by atoms with Gasteiger partial charge in [-0.05, 0) is 138 Å². The molecular formula is C59H44BNOS. The second-order valence-electron chi connectivity index (χ2n) is 17.6. The van der Waals surface area contributed by atoms with E-state index in [0.29, 0.717) is 0 Å². The molecule has 0 N–H and O–H groups in total. The summed E-state index contributed by atoms with van der Waals surface area (Å²) in [5, 5.41) is 12.3. The number of fused-ring (bicyclic) bond motifs is 8. The molecule has 0 fully saturated rings. The van der Waals surface area contributed by atoms with Gasteiger partial charge in [-0.25, -0.2) is 10.0 Å². The van der Waals surface area contributed by atoms with Gasteiger partial charge in [-0.1, -0.05) is 162 Å². The van der Waals surface area contributed by atoms with Crippen molar-refractivity contribution in [2.75, 3.05) is 23.7 Å². The summed E-state index contributed by atoms with van der Waals surface area (Å²) in [5.74, 6) is 1.74. The topological polar surface area (TPSA) is 12.5 Å². The van der Waals surface area contributed by atoms with Crippen molar-refractivity contribution in [3.05, 3.63) is 212 Å². The van der Waals surface area contributed by atoms with Gasteiger partial charge < -0.3 is 9.64 Å². The first-order valence-electron chi connectivity index (χ1n) is 21.7. The van der Waals surface area contributed by atoms with Crippen LogP contribution in [0.15, 0.2) is 217 Å². The van der Waals surface area contributed by atoms with Gasteiger partial charge >= 0.3 is 0 Å². The Bertz CT molecular complexity index is 3590. The van der Waals surface area contributed by atoms with Gasteiger partial charge in [-0.15, -0.1) is 0 Å². The molecule has 0 spiro atoms. The van der Waals surface area contributed by atoms with Crippen LogP contribution in [0.25, 0.3) is 65.0 Å². The first-order valence-corrected chi connectivity index (χ1v) is 24.6. The number of rotatable bonds is 7. The molecule has 4 heteroatoms. The van der Waals surface area contributed by atoms with Crippen molar-refractivity contribution in [3.63, 3.8) is 0 Å². The van der Waals surface area contributed by atoms with E-state index in [1.54, 1.807) is 0 Å². The lowest BCUT2D eigenvalue weighted by Gasteiger charge is -2.30. The van der Waals surface area contributed by atoms with Crippen LogP contribution >= 0.6 is 10.0 Å². The second-order valence-corrected chi connectivity index (χ2v) is 21.7. The molecule has 1 aliphatic rings. The zero-order valence-electron chi connectivity index (χ0n) is 35.5. The summed E-state index contributed by atoms with van der Waals surface area (Å²) >= 11 is 0. The standard InChI is InChI=1S/C59H44BNOS/c1-63(2,3)46-32-29-43(30-33-46)61(44-28-27-39-15-7-8-17-41(39)35-44)45-31-34-50-54-37-52-48-22-11-12-23-49(48)56(38-53(52)51-24-14-26-57(59(51)54)62-58(50)36-45)60(42-19-5-4-6-20-42)55-25-13-18-40-16-9-10-21-47(40)55/h4-38H,1-3H3. The Morgan fingerprint density at radius 1 is 0.381 bits per heavy atom. The lowest BCUT2D eigenvalue weighted by Crippen LogP contribution is -2.52.